The van der Waals surface area contributed by atoms with Crippen LogP contribution in [0.4, 0.5) is 21.0 Å². The number of nitrogens with zero attached hydrogens (tertiary/aromatic N) is 7. The third kappa shape index (κ3) is 6.96. The fraction of sp³-hybridized carbons (Fsp3) is 0.235. The van der Waals surface area contributed by atoms with Crippen LogP contribution in [0.2, 0.25) is 0 Å². The van der Waals surface area contributed by atoms with Crippen molar-refractivity contribution in [1.82, 2.24) is 30.0 Å². The lowest BCUT2D eigenvalue weighted by Gasteiger charge is -2.36. The Kier molecular flexibility index (Phi) is 8.73. The summed E-state index contributed by atoms with van der Waals surface area (Å²) in [4.78, 5) is 29.1. The third-order valence-corrected chi connectivity index (χ3v) is 7.96. The second-order valence-corrected chi connectivity index (χ2v) is 11.0. The van der Waals surface area contributed by atoms with Crippen LogP contribution in [0.3, 0.4) is 0 Å². The average Bonchev–Trinajstić information content (AvgIpc) is 3.52. The number of hydrogen-bond donors (Lipinski definition) is 2. The molecule has 0 spiro atoms. The SMILES string of the molecule is Cn1cc(-c2ccc(N(C(=O)NCc3ccccc3)[C@H]3CC[C@H](Nc4ncc(C#N)c(-c5ccc(F)cc5)n4)CC3)nc2)cn1. The third-order valence-electron chi connectivity index (χ3n) is 7.96. The van der Waals surface area contributed by atoms with Gasteiger partial charge < -0.3 is 10.6 Å². The minimum absolute atomic E-state index is 0.0628. The average molecular weight is 602 g/mol. The number of hydrogen-bond acceptors (Lipinski definition) is 7. The molecule has 1 aliphatic carbocycles. The Balaban J connectivity index is 1.17. The first-order chi connectivity index (χ1) is 22.0. The minimum Gasteiger partial charge on any atom is -0.351 e. The first-order valence-electron chi connectivity index (χ1n) is 14.8. The second kappa shape index (κ2) is 13.3. The zero-order valence-corrected chi connectivity index (χ0v) is 24.8. The zero-order valence-electron chi connectivity index (χ0n) is 24.8. The number of pyridine rings is 1. The van der Waals surface area contributed by atoms with E-state index in [1.165, 1.54) is 18.3 Å². The summed E-state index contributed by atoms with van der Waals surface area (Å²) >= 11 is 0. The lowest BCUT2D eigenvalue weighted by molar-refractivity contribution is 0.240. The summed E-state index contributed by atoms with van der Waals surface area (Å²) in [6.07, 6.45) is 10.0. The van der Waals surface area contributed by atoms with Gasteiger partial charge in [-0.3, -0.25) is 9.58 Å². The summed E-state index contributed by atoms with van der Waals surface area (Å²) in [5.74, 6) is 0.634. The number of aryl methyl sites for hydroxylation is 1. The van der Waals surface area contributed by atoms with Gasteiger partial charge in [0, 0.05) is 54.8 Å². The maximum absolute atomic E-state index is 13.7. The number of nitriles is 1. The van der Waals surface area contributed by atoms with Crippen LogP contribution in [0.15, 0.2) is 91.5 Å². The maximum atomic E-state index is 13.7. The lowest BCUT2D eigenvalue weighted by atomic mass is 9.90. The van der Waals surface area contributed by atoms with Crippen LogP contribution < -0.4 is 15.5 Å². The monoisotopic (exact) mass is 601 g/mol. The van der Waals surface area contributed by atoms with Gasteiger partial charge in [0.15, 0.2) is 0 Å². The van der Waals surface area contributed by atoms with Crippen molar-refractivity contribution in [2.75, 3.05) is 10.2 Å². The van der Waals surface area contributed by atoms with Gasteiger partial charge in [-0.25, -0.2) is 24.1 Å². The number of rotatable bonds is 8. The molecule has 11 heteroatoms. The van der Waals surface area contributed by atoms with E-state index < -0.39 is 0 Å². The Morgan fingerprint density at radius 2 is 1.71 bits per heavy atom. The molecule has 2 N–H and O–H groups in total. The molecule has 0 radical (unpaired) electrons. The smallest absolute Gasteiger partial charge is 0.323 e. The van der Waals surface area contributed by atoms with Gasteiger partial charge >= 0.3 is 6.03 Å². The van der Waals surface area contributed by atoms with Crippen LogP contribution in [0.1, 0.15) is 36.8 Å². The van der Waals surface area contributed by atoms with Gasteiger partial charge in [-0.2, -0.15) is 10.4 Å². The molecule has 2 amide bonds. The Morgan fingerprint density at radius 3 is 2.38 bits per heavy atom. The van der Waals surface area contributed by atoms with Gasteiger partial charge in [0.05, 0.1) is 23.7 Å². The Morgan fingerprint density at radius 1 is 0.956 bits per heavy atom. The first-order valence-corrected chi connectivity index (χ1v) is 14.8. The first kappa shape index (κ1) is 29.4. The summed E-state index contributed by atoms with van der Waals surface area (Å²) < 4.78 is 15.2. The summed E-state index contributed by atoms with van der Waals surface area (Å²) in [7, 11) is 1.87. The molecule has 1 saturated carbocycles. The van der Waals surface area contributed by atoms with Gasteiger partial charge in [-0.05, 0) is 67.6 Å². The van der Waals surface area contributed by atoms with Gasteiger partial charge in [0.25, 0.3) is 0 Å². The molecule has 226 valence electrons. The molecule has 0 atom stereocenters. The molecule has 0 saturated heterocycles. The highest BCUT2D eigenvalue weighted by molar-refractivity contribution is 5.91. The highest BCUT2D eigenvalue weighted by Gasteiger charge is 2.31. The highest BCUT2D eigenvalue weighted by Crippen LogP contribution is 2.30. The van der Waals surface area contributed by atoms with Crippen molar-refractivity contribution >= 4 is 17.8 Å². The summed E-state index contributed by atoms with van der Waals surface area (Å²) in [5.41, 5.74) is 4.30. The molecule has 1 aliphatic rings. The van der Waals surface area contributed by atoms with Crippen LogP contribution in [-0.2, 0) is 13.6 Å². The Bertz CT molecular complexity index is 1790. The van der Waals surface area contributed by atoms with Crippen molar-refractivity contribution in [3.8, 4) is 28.5 Å². The van der Waals surface area contributed by atoms with E-state index in [-0.39, 0.29) is 23.9 Å². The summed E-state index contributed by atoms with van der Waals surface area (Å²) in [5, 5.41) is 20.3. The number of aromatic nitrogens is 5. The Hall–Kier alpha value is -5.63. The van der Waals surface area contributed by atoms with Crippen molar-refractivity contribution in [2.24, 2.45) is 7.05 Å². The topological polar surface area (TPSA) is 125 Å². The van der Waals surface area contributed by atoms with Crippen LogP contribution >= 0.6 is 0 Å². The molecule has 2 aromatic carbocycles. The van der Waals surface area contributed by atoms with E-state index in [4.69, 9.17) is 4.98 Å². The van der Waals surface area contributed by atoms with E-state index in [9.17, 15) is 14.4 Å². The number of amides is 2. The van der Waals surface area contributed by atoms with E-state index in [0.717, 1.165) is 42.4 Å². The lowest BCUT2D eigenvalue weighted by Crippen LogP contribution is -2.49. The number of urea groups is 1. The number of benzene rings is 2. The quantitative estimate of drug-likeness (QED) is 0.221. The number of anilines is 2. The van der Waals surface area contributed by atoms with Gasteiger partial charge in [-0.1, -0.05) is 30.3 Å². The second-order valence-electron chi connectivity index (χ2n) is 11.0. The highest BCUT2D eigenvalue weighted by atomic mass is 19.1. The molecule has 10 nitrogen and oxygen atoms in total. The van der Waals surface area contributed by atoms with E-state index in [2.05, 4.69) is 31.8 Å². The normalized spacial score (nSPS) is 16.0. The fourth-order valence-corrected chi connectivity index (χ4v) is 5.61. The molecular weight excluding hydrogens is 569 g/mol. The van der Waals surface area contributed by atoms with Gasteiger partial charge in [-0.15, -0.1) is 0 Å². The summed E-state index contributed by atoms with van der Waals surface area (Å²) in [6.45, 7) is 0.410. The molecule has 0 bridgehead atoms. The zero-order chi connectivity index (χ0) is 31.2. The molecule has 0 aliphatic heterocycles. The number of carbonyl (C=O) groups is 1. The van der Waals surface area contributed by atoms with Crippen LogP contribution in [0.5, 0.6) is 0 Å². The van der Waals surface area contributed by atoms with E-state index in [1.807, 2.05) is 55.7 Å². The number of halogens is 1. The number of carbonyl (C=O) groups excluding carboxylic acids is 1. The van der Waals surface area contributed by atoms with Crippen molar-refractivity contribution in [1.29, 1.82) is 5.26 Å². The predicted molar refractivity (Wildman–Crippen MR) is 169 cm³/mol. The van der Waals surface area contributed by atoms with E-state index in [1.54, 1.807) is 34.1 Å². The molecule has 3 aromatic heterocycles. The number of nitrogens with one attached hydrogen (secondary N) is 2. The van der Waals surface area contributed by atoms with E-state index in [0.29, 0.717) is 35.1 Å². The van der Waals surface area contributed by atoms with Crippen molar-refractivity contribution < 1.29 is 9.18 Å². The molecule has 0 unspecified atom stereocenters. The molecular formula is C34H32FN9O. The van der Waals surface area contributed by atoms with Crippen LogP contribution in [0.25, 0.3) is 22.4 Å². The maximum Gasteiger partial charge on any atom is 0.323 e. The van der Waals surface area contributed by atoms with Crippen molar-refractivity contribution in [2.45, 2.75) is 44.3 Å². The molecule has 6 rings (SSSR count). The fourth-order valence-electron chi connectivity index (χ4n) is 5.61. The Labute approximate surface area is 260 Å². The van der Waals surface area contributed by atoms with Crippen LogP contribution in [-0.4, -0.2) is 42.8 Å². The van der Waals surface area contributed by atoms with Crippen molar-refractivity contribution in [3.63, 3.8) is 0 Å². The van der Waals surface area contributed by atoms with Gasteiger partial charge in [0.1, 0.15) is 17.7 Å². The molecule has 5 aromatic rings. The van der Waals surface area contributed by atoms with Gasteiger partial charge in [0.2, 0.25) is 5.95 Å². The largest absolute Gasteiger partial charge is 0.351 e. The minimum atomic E-state index is -0.358. The van der Waals surface area contributed by atoms with Crippen molar-refractivity contribution in [3.05, 3.63) is 108 Å². The van der Waals surface area contributed by atoms with E-state index >= 15 is 0 Å². The molecule has 3 heterocycles. The molecule has 1 fully saturated rings. The molecule has 45 heavy (non-hydrogen) atoms. The van der Waals surface area contributed by atoms with Crippen LogP contribution in [0, 0.1) is 17.1 Å². The predicted octanol–water partition coefficient (Wildman–Crippen LogP) is 6.09. The standard InChI is InChI=1S/C34H32FN9O/c1-43-22-27(21-40-43)25-9-16-31(37-19-25)44(34(45)39-18-23-5-3-2-4-6-23)30-14-12-29(13-15-30)41-33-38-20-26(17-36)32(42-33)24-7-10-28(35)11-8-24/h2-11,16,19-22,29-30H,12-15,18H2,1H3,(H,39,45)(H,38,41,42)/t29-,30-. The summed E-state index contributed by atoms with van der Waals surface area (Å²) in [6, 6.07) is 21.5.